The lowest BCUT2D eigenvalue weighted by Gasteiger charge is -2.10. The number of aromatic amines is 1. The molecule has 0 saturated heterocycles. The van der Waals surface area contributed by atoms with Crippen LogP contribution in [0.3, 0.4) is 0 Å². The molecule has 0 fully saturated rings. The second kappa shape index (κ2) is 7.56. The third kappa shape index (κ3) is 3.48. The number of amides is 1. The SMILES string of the molecule is CN(C)c1ncc(-c2cnc3[nH]cc(C(=O)c4c(F)ccc(C(N)=O)c4F)c3c2)cn1. The lowest BCUT2D eigenvalue weighted by atomic mass is 9.98. The Kier molecular flexibility index (Phi) is 4.90. The molecule has 1 amide bonds. The summed E-state index contributed by atoms with van der Waals surface area (Å²) in [4.78, 5) is 41.7. The lowest BCUT2D eigenvalue weighted by Crippen LogP contribution is -2.17. The first-order valence-corrected chi connectivity index (χ1v) is 9.07. The summed E-state index contributed by atoms with van der Waals surface area (Å²) in [5.41, 5.74) is 5.29. The minimum atomic E-state index is -1.30. The highest BCUT2D eigenvalue weighted by molar-refractivity contribution is 6.17. The van der Waals surface area contributed by atoms with E-state index in [-0.39, 0.29) is 5.56 Å². The second-order valence-corrected chi connectivity index (χ2v) is 6.97. The summed E-state index contributed by atoms with van der Waals surface area (Å²) in [6, 6.07) is 3.38. The number of nitrogens with one attached hydrogen (secondary N) is 1. The minimum Gasteiger partial charge on any atom is -0.366 e. The van der Waals surface area contributed by atoms with Crippen LogP contribution in [0.15, 0.2) is 43.0 Å². The first-order chi connectivity index (χ1) is 14.8. The summed E-state index contributed by atoms with van der Waals surface area (Å²) in [5.74, 6) is -3.92. The Morgan fingerprint density at radius 2 is 1.68 bits per heavy atom. The van der Waals surface area contributed by atoms with E-state index in [1.807, 2.05) is 14.1 Å². The molecule has 0 aliphatic heterocycles. The first-order valence-electron chi connectivity index (χ1n) is 9.07. The van der Waals surface area contributed by atoms with Crippen molar-refractivity contribution in [3.8, 4) is 11.1 Å². The van der Waals surface area contributed by atoms with Gasteiger partial charge < -0.3 is 15.6 Å². The largest absolute Gasteiger partial charge is 0.366 e. The van der Waals surface area contributed by atoms with E-state index < -0.39 is 34.5 Å². The molecule has 156 valence electrons. The quantitative estimate of drug-likeness (QED) is 0.478. The Morgan fingerprint density at radius 1 is 1.00 bits per heavy atom. The van der Waals surface area contributed by atoms with E-state index in [1.54, 1.807) is 29.6 Å². The van der Waals surface area contributed by atoms with Crippen molar-refractivity contribution in [1.29, 1.82) is 0 Å². The van der Waals surface area contributed by atoms with Crippen LogP contribution in [0.5, 0.6) is 0 Å². The fraction of sp³-hybridized carbons (Fsp3) is 0.0952. The molecule has 0 aliphatic rings. The molecule has 1 aromatic carbocycles. The molecule has 0 aliphatic carbocycles. The number of nitrogens with two attached hydrogens (primary N) is 1. The molecular formula is C21H16F2N6O2. The first kappa shape index (κ1) is 20.1. The Hall–Kier alpha value is -4.21. The third-order valence-electron chi connectivity index (χ3n) is 4.73. The zero-order chi connectivity index (χ0) is 22.3. The highest BCUT2D eigenvalue weighted by Gasteiger charge is 2.26. The average molecular weight is 422 g/mol. The molecule has 0 spiro atoms. The van der Waals surface area contributed by atoms with Crippen LogP contribution in [-0.4, -0.2) is 45.7 Å². The number of pyridine rings is 1. The molecule has 31 heavy (non-hydrogen) atoms. The van der Waals surface area contributed by atoms with Crippen LogP contribution in [0, 0.1) is 11.6 Å². The van der Waals surface area contributed by atoms with Gasteiger partial charge in [-0.15, -0.1) is 0 Å². The second-order valence-electron chi connectivity index (χ2n) is 6.97. The van der Waals surface area contributed by atoms with Crippen LogP contribution in [0.1, 0.15) is 26.3 Å². The van der Waals surface area contributed by atoms with Gasteiger partial charge in [0.05, 0.1) is 11.1 Å². The topological polar surface area (TPSA) is 118 Å². The van der Waals surface area contributed by atoms with Crippen LogP contribution in [0.4, 0.5) is 14.7 Å². The fourth-order valence-corrected chi connectivity index (χ4v) is 3.14. The summed E-state index contributed by atoms with van der Waals surface area (Å²) in [7, 11) is 3.62. The van der Waals surface area contributed by atoms with E-state index in [1.165, 1.54) is 6.20 Å². The summed E-state index contributed by atoms with van der Waals surface area (Å²) in [6.07, 6.45) is 6.09. The summed E-state index contributed by atoms with van der Waals surface area (Å²) >= 11 is 0. The Morgan fingerprint density at radius 3 is 2.32 bits per heavy atom. The number of carbonyl (C=O) groups is 2. The van der Waals surface area contributed by atoms with Gasteiger partial charge in [-0.25, -0.2) is 23.7 Å². The van der Waals surface area contributed by atoms with Crippen molar-refractivity contribution in [3.63, 3.8) is 0 Å². The molecule has 0 bridgehead atoms. The summed E-state index contributed by atoms with van der Waals surface area (Å²) < 4.78 is 29.0. The van der Waals surface area contributed by atoms with Gasteiger partial charge in [0.15, 0.2) is 0 Å². The van der Waals surface area contributed by atoms with Gasteiger partial charge in [-0.2, -0.15) is 0 Å². The Bertz CT molecular complexity index is 1330. The van der Waals surface area contributed by atoms with Gasteiger partial charge in [-0.1, -0.05) is 0 Å². The highest BCUT2D eigenvalue weighted by atomic mass is 19.1. The van der Waals surface area contributed by atoms with Crippen molar-refractivity contribution < 1.29 is 18.4 Å². The van der Waals surface area contributed by atoms with Gasteiger partial charge in [0.1, 0.15) is 17.3 Å². The number of anilines is 1. The van der Waals surface area contributed by atoms with E-state index in [2.05, 4.69) is 19.9 Å². The molecule has 4 aromatic rings. The van der Waals surface area contributed by atoms with E-state index in [0.29, 0.717) is 28.1 Å². The van der Waals surface area contributed by atoms with Crippen molar-refractivity contribution in [3.05, 3.63) is 71.3 Å². The number of ketones is 1. The van der Waals surface area contributed by atoms with E-state index >= 15 is 0 Å². The number of fused-ring (bicyclic) bond motifs is 1. The smallest absolute Gasteiger partial charge is 0.251 e. The van der Waals surface area contributed by atoms with E-state index in [9.17, 15) is 18.4 Å². The minimum absolute atomic E-state index is 0.00500. The molecule has 3 heterocycles. The highest BCUT2D eigenvalue weighted by Crippen LogP contribution is 2.28. The monoisotopic (exact) mass is 422 g/mol. The maximum absolute atomic E-state index is 14.7. The maximum atomic E-state index is 14.7. The number of carbonyl (C=O) groups excluding carboxylic acids is 2. The van der Waals surface area contributed by atoms with Gasteiger partial charge in [0.2, 0.25) is 11.7 Å². The van der Waals surface area contributed by atoms with Gasteiger partial charge >= 0.3 is 0 Å². The van der Waals surface area contributed by atoms with Gasteiger partial charge in [-0.3, -0.25) is 9.59 Å². The van der Waals surface area contributed by atoms with Crippen LogP contribution in [-0.2, 0) is 0 Å². The lowest BCUT2D eigenvalue weighted by molar-refractivity contribution is 0.0996. The molecule has 8 nitrogen and oxygen atoms in total. The van der Waals surface area contributed by atoms with Crippen LogP contribution in [0.2, 0.25) is 0 Å². The number of H-pyrrole nitrogens is 1. The standard InChI is InChI=1S/C21H16F2N6O2/c1-29(2)21-27-7-11(8-28-21)10-5-13-14(9-26-20(13)25-6-10)18(30)16-15(22)4-3-12(17(16)23)19(24)31/h3-9H,1-2H3,(H2,24,31)(H,25,26). The van der Waals surface area contributed by atoms with Crippen molar-refractivity contribution in [1.82, 2.24) is 19.9 Å². The number of primary amides is 1. The summed E-state index contributed by atoms with van der Waals surface area (Å²) in [6.45, 7) is 0. The molecule has 0 unspecified atom stereocenters. The van der Waals surface area contributed by atoms with Gasteiger partial charge in [0.25, 0.3) is 5.91 Å². The molecule has 0 radical (unpaired) electrons. The Labute approximate surface area is 174 Å². The number of hydrogen-bond acceptors (Lipinski definition) is 6. The fourth-order valence-electron chi connectivity index (χ4n) is 3.14. The van der Waals surface area contributed by atoms with Crippen molar-refractivity contribution >= 4 is 28.7 Å². The van der Waals surface area contributed by atoms with Crippen molar-refractivity contribution in [2.75, 3.05) is 19.0 Å². The molecule has 10 heteroatoms. The number of halogens is 2. The Balaban J connectivity index is 1.81. The molecule has 0 atom stereocenters. The zero-order valence-electron chi connectivity index (χ0n) is 16.5. The zero-order valence-corrected chi connectivity index (χ0v) is 16.5. The molecular weight excluding hydrogens is 406 g/mol. The van der Waals surface area contributed by atoms with E-state index in [4.69, 9.17) is 5.73 Å². The number of benzene rings is 1. The third-order valence-corrected chi connectivity index (χ3v) is 4.73. The molecule has 4 rings (SSSR count). The number of rotatable bonds is 5. The number of nitrogens with zero attached hydrogens (tertiary/aromatic N) is 4. The van der Waals surface area contributed by atoms with Crippen molar-refractivity contribution in [2.45, 2.75) is 0 Å². The van der Waals surface area contributed by atoms with Gasteiger partial charge in [-0.05, 0) is 18.2 Å². The van der Waals surface area contributed by atoms with Crippen LogP contribution < -0.4 is 10.6 Å². The van der Waals surface area contributed by atoms with Crippen molar-refractivity contribution in [2.24, 2.45) is 5.73 Å². The van der Waals surface area contributed by atoms with Gasteiger partial charge in [0, 0.05) is 61.0 Å². The molecule has 3 aromatic heterocycles. The number of hydrogen-bond donors (Lipinski definition) is 2. The number of aromatic nitrogens is 4. The maximum Gasteiger partial charge on any atom is 0.251 e. The van der Waals surface area contributed by atoms with Crippen LogP contribution in [0.25, 0.3) is 22.2 Å². The normalized spacial score (nSPS) is 11.0. The average Bonchev–Trinajstić information content (AvgIpc) is 3.16. The molecule has 0 saturated carbocycles. The van der Waals surface area contributed by atoms with Crippen LogP contribution >= 0.6 is 0 Å². The predicted molar refractivity (Wildman–Crippen MR) is 110 cm³/mol. The summed E-state index contributed by atoms with van der Waals surface area (Å²) in [5, 5.41) is 0.350. The van der Waals surface area contributed by atoms with E-state index in [0.717, 1.165) is 12.1 Å². The molecule has 3 N–H and O–H groups in total. The predicted octanol–water partition coefficient (Wildman–Crippen LogP) is 2.69.